The predicted molar refractivity (Wildman–Crippen MR) is 72.1 cm³/mol. The molecule has 0 aliphatic carbocycles. The molecule has 2 rings (SSSR count). The van der Waals surface area contributed by atoms with Gasteiger partial charge >= 0.3 is 12.2 Å². The predicted octanol–water partition coefficient (Wildman–Crippen LogP) is 1.87. The molecule has 1 aromatic rings. The third-order valence-corrected chi connectivity index (χ3v) is 5.05. The number of ether oxygens (including phenoxy) is 1. The highest BCUT2D eigenvalue weighted by molar-refractivity contribution is 7.89. The van der Waals surface area contributed by atoms with Gasteiger partial charge in [-0.1, -0.05) is 11.6 Å². The van der Waals surface area contributed by atoms with E-state index in [0.717, 1.165) is 4.31 Å². The first kappa shape index (κ1) is 17.2. The average molecular weight is 360 g/mol. The highest BCUT2D eigenvalue weighted by Gasteiger charge is 2.36. The van der Waals surface area contributed by atoms with Crippen LogP contribution in [0.5, 0.6) is 6.01 Å². The van der Waals surface area contributed by atoms with E-state index in [1.54, 1.807) is 0 Å². The molecule has 1 saturated heterocycles. The van der Waals surface area contributed by atoms with Crippen molar-refractivity contribution in [2.75, 3.05) is 18.8 Å². The highest BCUT2D eigenvalue weighted by Crippen LogP contribution is 2.23. The minimum Gasteiger partial charge on any atom is -0.459 e. The largest absolute Gasteiger partial charge is 0.459 e. The zero-order chi connectivity index (χ0) is 16.4. The van der Waals surface area contributed by atoms with Crippen LogP contribution in [0.4, 0.5) is 13.2 Å². The Hall–Kier alpha value is -1.13. The SMILES string of the molecule is O=S(=O)(CCC(F)(F)F)N1CCC(Oc2ncc(Cl)cn2)C1. The number of sulfonamides is 1. The molecule has 1 aliphatic heterocycles. The van der Waals surface area contributed by atoms with Crippen LogP contribution in [-0.4, -0.2) is 53.8 Å². The summed E-state index contributed by atoms with van der Waals surface area (Å²) < 4.78 is 66.5. The summed E-state index contributed by atoms with van der Waals surface area (Å²) >= 11 is 5.62. The van der Waals surface area contributed by atoms with Crippen LogP contribution in [0, 0.1) is 0 Å². The topological polar surface area (TPSA) is 72.4 Å². The molecule has 0 amide bonds. The zero-order valence-electron chi connectivity index (χ0n) is 11.3. The summed E-state index contributed by atoms with van der Waals surface area (Å²) in [6, 6.07) is 0.0453. The fraction of sp³-hybridized carbons (Fsp3) is 0.636. The first-order valence-electron chi connectivity index (χ1n) is 6.34. The second kappa shape index (κ2) is 6.55. The van der Waals surface area contributed by atoms with Crippen LogP contribution in [0.25, 0.3) is 0 Å². The molecule has 22 heavy (non-hydrogen) atoms. The number of rotatable bonds is 5. The summed E-state index contributed by atoms with van der Waals surface area (Å²) in [5, 5.41) is 0.329. The molecular weight excluding hydrogens is 347 g/mol. The third kappa shape index (κ3) is 4.96. The maximum Gasteiger partial charge on any atom is 0.390 e. The number of hydrogen-bond acceptors (Lipinski definition) is 5. The Balaban J connectivity index is 1.90. The molecule has 1 aromatic heterocycles. The van der Waals surface area contributed by atoms with Crippen molar-refractivity contribution in [2.24, 2.45) is 0 Å². The van der Waals surface area contributed by atoms with Gasteiger partial charge in [0.1, 0.15) is 6.10 Å². The number of nitrogens with zero attached hydrogens (tertiary/aromatic N) is 3. The molecule has 124 valence electrons. The summed E-state index contributed by atoms with van der Waals surface area (Å²) in [7, 11) is -3.95. The molecule has 1 fully saturated rings. The van der Waals surface area contributed by atoms with Gasteiger partial charge in [0.15, 0.2) is 0 Å². The molecule has 0 aromatic carbocycles. The molecule has 2 heterocycles. The Labute approximate surface area is 130 Å². The summed E-state index contributed by atoms with van der Waals surface area (Å²) in [5.41, 5.74) is 0. The summed E-state index contributed by atoms with van der Waals surface area (Å²) in [4.78, 5) is 7.63. The van der Waals surface area contributed by atoms with Crippen molar-refractivity contribution in [2.45, 2.75) is 25.1 Å². The Kier molecular flexibility index (Phi) is 5.13. The average Bonchev–Trinajstić information content (AvgIpc) is 2.88. The monoisotopic (exact) mass is 359 g/mol. The maximum absolute atomic E-state index is 12.1. The van der Waals surface area contributed by atoms with Crippen LogP contribution in [0.2, 0.25) is 5.02 Å². The van der Waals surface area contributed by atoms with E-state index in [9.17, 15) is 21.6 Å². The van der Waals surface area contributed by atoms with Crippen molar-refractivity contribution < 1.29 is 26.3 Å². The fourth-order valence-corrected chi connectivity index (χ4v) is 3.55. The second-order valence-corrected chi connectivity index (χ2v) is 7.28. The Bertz CT molecular complexity index is 609. The minimum absolute atomic E-state index is 0.0216. The van der Waals surface area contributed by atoms with Crippen molar-refractivity contribution in [3.63, 3.8) is 0 Å². The van der Waals surface area contributed by atoms with Gasteiger partial charge in [-0.15, -0.1) is 0 Å². The van der Waals surface area contributed by atoms with Crippen LogP contribution in [0.15, 0.2) is 12.4 Å². The molecule has 0 radical (unpaired) electrons. The molecule has 6 nitrogen and oxygen atoms in total. The van der Waals surface area contributed by atoms with E-state index in [1.807, 2.05) is 0 Å². The number of aromatic nitrogens is 2. The molecular formula is C11H13ClF3N3O3S. The van der Waals surface area contributed by atoms with E-state index >= 15 is 0 Å². The van der Waals surface area contributed by atoms with E-state index in [1.165, 1.54) is 12.4 Å². The van der Waals surface area contributed by atoms with Gasteiger partial charge in [-0.2, -0.15) is 17.5 Å². The van der Waals surface area contributed by atoms with Crippen LogP contribution in [0.1, 0.15) is 12.8 Å². The molecule has 11 heteroatoms. The van der Waals surface area contributed by atoms with E-state index < -0.39 is 34.5 Å². The van der Waals surface area contributed by atoms with E-state index in [-0.39, 0.29) is 19.1 Å². The third-order valence-electron chi connectivity index (χ3n) is 3.01. The number of hydrogen-bond donors (Lipinski definition) is 0. The van der Waals surface area contributed by atoms with Gasteiger partial charge in [0.25, 0.3) is 0 Å². The molecule has 1 unspecified atom stereocenters. The smallest absolute Gasteiger partial charge is 0.390 e. The summed E-state index contributed by atoms with van der Waals surface area (Å²) in [6.45, 7) is 0.0879. The van der Waals surface area contributed by atoms with Gasteiger partial charge in [0.05, 0.1) is 36.1 Å². The van der Waals surface area contributed by atoms with Gasteiger partial charge < -0.3 is 4.74 Å². The minimum atomic E-state index is -4.50. The first-order valence-corrected chi connectivity index (χ1v) is 8.33. The molecule has 0 N–H and O–H groups in total. The standard InChI is InChI=1S/C11H13ClF3N3O3S/c12-8-5-16-10(17-6-8)21-9-1-3-18(7-9)22(19,20)4-2-11(13,14)15/h5-6,9H,1-4,7H2. The Morgan fingerprint density at radius 2 is 2.00 bits per heavy atom. The van der Waals surface area contributed by atoms with Gasteiger partial charge in [-0.3, -0.25) is 0 Å². The van der Waals surface area contributed by atoms with Crippen LogP contribution in [0.3, 0.4) is 0 Å². The van der Waals surface area contributed by atoms with Crippen LogP contribution >= 0.6 is 11.6 Å². The number of halogens is 4. The lowest BCUT2D eigenvalue weighted by Gasteiger charge is -2.17. The van der Waals surface area contributed by atoms with Gasteiger partial charge in [0, 0.05) is 6.54 Å². The lowest BCUT2D eigenvalue weighted by atomic mass is 10.3. The first-order chi connectivity index (χ1) is 10.2. The van der Waals surface area contributed by atoms with Crippen molar-refractivity contribution >= 4 is 21.6 Å². The Morgan fingerprint density at radius 1 is 1.36 bits per heavy atom. The van der Waals surface area contributed by atoms with E-state index in [2.05, 4.69) is 9.97 Å². The van der Waals surface area contributed by atoms with E-state index in [0.29, 0.717) is 11.4 Å². The quantitative estimate of drug-likeness (QED) is 0.802. The Morgan fingerprint density at radius 3 is 2.59 bits per heavy atom. The lowest BCUT2D eigenvalue weighted by Crippen LogP contribution is -2.34. The number of alkyl halides is 3. The van der Waals surface area contributed by atoms with Gasteiger partial charge in [-0.25, -0.2) is 18.4 Å². The highest BCUT2D eigenvalue weighted by atomic mass is 35.5. The van der Waals surface area contributed by atoms with Crippen molar-refractivity contribution in [1.29, 1.82) is 0 Å². The van der Waals surface area contributed by atoms with Crippen LogP contribution < -0.4 is 4.74 Å². The fourth-order valence-electron chi connectivity index (χ4n) is 1.93. The second-order valence-electron chi connectivity index (χ2n) is 4.75. The normalized spacial score (nSPS) is 20.3. The van der Waals surface area contributed by atoms with Crippen molar-refractivity contribution in [3.8, 4) is 6.01 Å². The van der Waals surface area contributed by atoms with Gasteiger partial charge in [0.2, 0.25) is 10.0 Å². The van der Waals surface area contributed by atoms with E-state index in [4.69, 9.17) is 16.3 Å². The van der Waals surface area contributed by atoms with Crippen LogP contribution in [-0.2, 0) is 10.0 Å². The summed E-state index contributed by atoms with van der Waals surface area (Å²) in [5.74, 6) is -0.958. The molecule has 0 spiro atoms. The molecule has 0 saturated carbocycles. The van der Waals surface area contributed by atoms with Crippen molar-refractivity contribution in [1.82, 2.24) is 14.3 Å². The molecule has 1 aliphatic rings. The summed E-state index contributed by atoms with van der Waals surface area (Å²) in [6.07, 6.45) is -3.34. The van der Waals surface area contributed by atoms with Gasteiger partial charge in [-0.05, 0) is 6.42 Å². The molecule has 1 atom stereocenters. The molecule has 0 bridgehead atoms. The lowest BCUT2D eigenvalue weighted by molar-refractivity contribution is -0.130. The van der Waals surface area contributed by atoms with Crippen molar-refractivity contribution in [3.05, 3.63) is 17.4 Å². The maximum atomic E-state index is 12.1. The zero-order valence-corrected chi connectivity index (χ0v) is 12.8.